The molecule has 0 saturated heterocycles. The van der Waals surface area contributed by atoms with Crippen LogP contribution in [0.2, 0.25) is 5.02 Å². The molecule has 0 saturated carbocycles. The molecule has 2 nitrogen and oxygen atoms in total. The lowest BCUT2D eigenvalue weighted by Gasteiger charge is -2.07. The van der Waals surface area contributed by atoms with E-state index in [-0.39, 0.29) is 5.78 Å². The maximum Gasteiger partial charge on any atom is 0.185 e. The summed E-state index contributed by atoms with van der Waals surface area (Å²) in [4.78, 5) is 12.2. The summed E-state index contributed by atoms with van der Waals surface area (Å²) in [6, 6.07) is 18.7. The summed E-state index contributed by atoms with van der Waals surface area (Å²) in [7, 11) is 1.65. The van der Waals surface area contributed by atoms with Crippen molar-refractivity contribution in [2.45, 2.75) is 0 Å². The number of benzene rings is 3. The van der Waals surface area contributed by atoms with Gasteiger partial charge in [0.15, 0.2) is 5.78 Å². The molecule has 0 N–H and O–H groups in total. The van der Waals surface area contributed by atoms with Gasteiger partial charge in [0.05, 0.1) is 7.11 Å². The van der Waals surface area contributed by atoms with Crippen LogP contribution >= 0.6 is 11.6 Å². The lowest BCUT2D eigenvalue weighted by atomic mass is 10.0. The highest BCUT2D eigenvalue weighted by molar-refractivity contribution is 6.30. The zero-order valence-corrected chi connectivity index (χ0v) is 13.4. The first-order chi connectivity index (χ1) is 11.2. The van der Waals surface area contributed by atoms with Gasteiger partial charge in [0, 0.05) is 16.0 Å². The fourth-order valence-electron chi connectivity index (χ4n) is 2.49. The molecule has 0 atom stereocenters. The average molecular weight is 323 g/mol. The van der Waals surface area contributed by atoms with Crippen LogP contribution in [0.1, 0.15) is 15.9 Å². The van der Waals surface area contributed by atoms with Gasteiger partial charge < -0.3 is 4.74 Å². The van der Waals surface area contributed by atoms with Gasteiger partial charge in [-0.3, -0.25) is 4.79 Å². The molecule has 114 valence electrons. The first-order valence-electron chi connectivity index (χ1n) is 7.23. The average Bonchev–Trinajstić information content (AvgIpc) is 2.60. The van der Waals surface area contributed by atoms with Crippen molar-refractivity contribution in [1.82, 2.24) is 0 Å². The van der Waals surface area contributed by atoms with Crippen molar-refractivity contribution < 1.29 is 9.53 Å². The zero-order chi connectivity index (χ0) is 16.2. The topological polar surface area (TPSA) is 26.3 Å². The monoisotopic (exact) mass is 322 g/mol. The van der Waals surface area contributed by atoms with E-state index in [1.54, 1.807) is 37.5 Å². The Bertz CT molecular complexity index is 880. The summed E-state index contributed by atoms with van der Waals surface area (Å²) in [5.41, 5.74) is 1.59. The van der Waals surface area contributed by atoms with Crippen LogP contribution in [0.5, 0.6) is 5.75 Å². The Morgan fingerprint density at radius 2 is 1.65 bits per heavy atom. The summed E-state index contributed by atoms with van der Waals surface area (Å²) < 4.78 is 5.39. The maximum atomic E-state index is 12.2. The molecule has 0 bridgehead atoms. The minimum atomic E-state index is -0.0541. The van der Waals surface area contributed by atoms with Gasteiger partial charge in [-0.1, -0.05) is 48.0 Å². The number of hydrogen-bond acceptors (Lipinski definition) is 2. The maximum absolute atomic E-state index is 12.2. The Labute approximate surface area is 140 Å². The van der Waals surface area contributed by atoms with E-state index in [0.29, 0.717) is 10.6 Å². The van der Waals surface area contributed by atoms with E-state index >= 15 is 0 Å². The normalized spacial score (nSPS) is 11.0. The molecular formula is C20H15ClO2. The van der Waals surface area contributed by atoms with Crippen LogP contribution < -0.4 is 4.74 Å². The van der Waals surface area contributed by atoms with E-state index in [1.165, 1.54) is 0 Å². The molecule has 3 rings (SSSR count). The van der Waals surface area contributed by atoms with Gasteiger partial charge in [-0.25, -0.2) is 0 Å². The van der Waals surface area contributed by atoms with Crippen molar-refractivity contribution in [1.29, 1.82) is 0 Å². The summed E-state index contributed by atoms with van der Waals surface area (Å²) in [5.74, 6) is 0.767. The van der Waals surface area contributed by atoms with E-state index in [0.717, 1.165) is 22.1 Å². The first-order valence-corrected chi connectivity index (χ1v) is 7.60. The van der Waals surface area contributed by atoms with Crippen LogP contribution in [-0.4, -0.2) is 12.9 Å². The molecule has 0 amide bonds. The molecule has 0 spiro atoms. The van der Waals surface area contributed by atoms with Gasteiger partial charge in [-0.05, 0) is 47.4 Å². The van der Waals surface area contributed by atoms with Crippen molar-refractivity contribution >= 4 is 34.2 Å². The van der Waals surface area contributed by atoms with Crippen LogP contribution in [0.15, 0.2) is 66.7 Å². The highest BCUT2D eigenvalue weighted by Crippen LogP contribution is 2.29. The largest absolute Gasteiger partial charge is 0.496 e. The Balaban J connectivity index is 1.95. The van der Waals surface area contributed by atoms with E-state index in [2.05, 4.69) is 0 Å². The third-order valence-corrected chi connectivity index (χ3v) is 3.93. The molecule has 0 fully saturated rings. The van der Waals surface area contributed by atoms with Gasteiger partial charge in [-0.2, -0.15) is 0 Å². The van der Waals surface area contributed by atoms with Crippen LogP contribution in [-0.2, 0) is 0 Å². The summed E-state index contributed by atoms with van der Waals surface area (Å²) in [6.45, 7) is 0. The van der Waals surface area contributed by atoms with Gasteiger partial charge in [-0.15, -0.1) is 0 Å². The first kappa shape index (κ1) is 15.3. The van der Waals surface area contributed by atoms with Crippen molar-refractivity contribution in [3.05, 3.63) is 82.9 Å². The lowest BCUT2D eigenvalue weighted by molar-refractivity contribution is 0.104. The van der Waals surface area contributed by atoms with Crippen molar-refractivity contribution in [2.24, 2.45) is 0 Å². The minimum Gasteiger partial charge on any atom is -0.496 e. The molecule has 0 unspecified atom stereocenters. The van der Waals surface area contributed by atoms with Crippen molar-refractivity contribution in [2.75, 3.05) is 7.11 Å². The predicted octanol–water partition coefficient (Wildman–Crippen LogP) is 5.40. The van der Waals surface area contributed by atoms with Crippen LogP contribution in [0.3, 0.4) is 0 Å². The van der Waals surface area contributed by atoms with Gasteiger partial charge in [0.25, 0.3) is 0 Å². The SMILES string of the molecule is COc1ccc(/C=C/C(=O)c2ccc(Cl)cc2)c2ccccc12. The molecular weight excluding hydrogens is 308 g/mol. The molecule has 0 radical (unpaired) electrons. The fraction of sp³-hybridized carbons (Fsp3) is 0.0500. The molecule has 3 aromatic rings. The number of rotatable bonds is 4. The molecule has 3 heteroatoms. The minimum absolute atomic E-state index is 0.0541. The quantitative estimate of drug-likeness (QED) is 0.475. The van der Waals surface area contributed by atoms with E-state index in [9.17, 15) is 4.79 Å². The van der Waals surface area contributed by atoms with Crippen molar-refractivity contribution in [3.8, 4) is 5.75 Å². The fourth-order valence-corrected chi connectivity index (χ4v) is 2.62. The number of allylic oxidation sites excluding steroid dienone is 1. The zero-order valence-electron chi connectivity index (χ0n) is 12.6. The van der Waals surface area contributed by atoms with E-state index < -0.39 is 0 Å². The number of ether oxygens (including phenoxy) is 1. The van der Waals surface area contributed by atoms with Gasteiger partial charge in [0.1, 0.15) is 5.75 Å². The standard InChI is InChI=1S/C20H15ClO2/c1-23-20-13-9-14(17-4-2-3-5-18(17)20)8-12-19(22)15-6-10-16(21)11-7-15/h2-13H,1H3/b12-8+. The second-order valence-corrected chi connectivity index (χ2v) is 5.54. The smallest absolute Gasteiger partial charge is 0.185 e. The molecule has 0 aliphatic rings. The second-order valence-electron chi connectivity index (χ2n) is 5.11. The molecule has 0 heterocycles. The number of fused-ring (bicyclic) bond motifs is 1. The molecule has 3 aromatic carbocycles. The van der Waals surface area contributed by atoms with E-state index in [4.69, 9.17) is 16.3 Å². The number of halogens is 1. The summed E-state index contributed by atoms with van der Waals surface area (Å²) in [5, 5.41) is 2.69. The highest BCUT2D eigenvalue weighted by atomic mass is 35.5. The van der Waals surface area contributed by atoms with Gasteiger partial charge in [0.2, 0.25) is 0 Å². The third kappa shape index (κ3) is 3.27. The molecule has 0 aliphatic heterocycles. The van der Waals surface area contributed by atoms with Crippen LogP contribution in [0, 0.1) is 0 Å². The molecule has 0 aliphatic carbocycles. The third-order valence-electron chi connectivity index (χ3n) is 3.68. The Hall–Kier alpha value is -2.58. The van der Waals surface area contributed by atoms with Crippen LogP contribution in [0.4, 0.5) is 0 Å². The molecule has 23 heavy (non-hydrogen) atoms. The number of carbonyl (C=O) groups excluding carboxylic acids is 1. The second kappa shape index (κ2) is 6.67. The number of methoxy groups -OCH3 is 1. The Morgan fingerprint density at radius 3 is 2.35 bits per heavy atom. The highest BCUT2D eigenvalue weighted by Gasteiger charge is 2.05. The van der Waals surface area contributed by atoms with Crippen molar-refractivity contribution in [3.63, 3.8) is 0 Å². The van der Waals surface area contributed by atoms with Gasteiger partial charge >= 0.3 is 0 Å². The number of carbonyl (C=O) groups is 1. The Kier molecular flexibility index (Phi) is 4.45. The summed E-state index contributed by atoms with van der Waals surface area (Å²) in [6.07, 6.45) is 3.41. The lowest BCUT2D eigenvalue weighted by Crippen LogP contribution is -1.93. The Morgan fingerprint density at radius 1 is 0.957 bits per heavy atom. The predicted molar refractivity (Wildman–Crippen MR) is 95.3 cm³/mol. The van der Waals surface area contributed by atoms with Crippen LogP contribution in [0.25, 0.3) is 16.8 Å². The number of hydrogen-bond donors (Lipinski definition) is 0. The number of ketones is 1. The summed E-state index contributed by atoms with van der Waals surface area (Å²) >= 11 is 5.84. The van der Waals surface area contributed by atoms with E-state index in [1.807, 2.05) is 42.5 Å². The molecule has 0 aromatic heterocycles.